The van der Waals surface area contributed by atoms with Crippen molar-refractivity contribution in [2.75, 3.05) is 0 Å². The maximum atomic E-state index is 11.7. The number of alkyl halides is 1. The summed E-state index contributed by atoms with van der Waals surface area (Å²) >= 11 is 9.57. The molecule has 3 aromatic rings. The van der Waals surface area contributed by atoms with Gasteiger partial charge in [0.05, 0.1) is 0 Å². The SMILES string of the molecule is O=c1cc(-c2ccccc2)c2cc(CBr)c(Cl)cc2o1. The monoisotopic (exact) mass is 348 g/mol. The molecule has 0 spiro atoms. The Labute approximate surface area is 129 Å². The van der Waals surface area contributed by atoms with E-state index in [0.29, 0.717) is 15.9 Å². The average molecular weight is 350 g/mol. The topological polar surface area (TPSA) is 30.2 Å². The van der Waals surface area contributed by atoms with E-state index in [4.69, 9.17) is 16.0 Å². The molecule has 0 saturated carbocycles. The van der Waals surface area contributed by atoms with E-state index < -0.39 is 0 Å². The molecular formula is C16H10BrClO2. The summed E-state index contributed by atoms with van der Waals surface area (Å²) in [6, 6.07) is 14.9. The lowest BCUT2D eigenvalue weighted by Crippen LogP contribution is -1.98. The van der Waals surface area contributed by atoms with Crippen LogP contribution in [0, 0.1) is 0 Å². The zero-order chi connectivity index (χ0) is 14.1. The fourth-order valence-electron chi connectivity index (χ4n) is 2.19. The first-order chi connectivity index (χ1) is 9.69. The maximum Gasteiger partial charge on any atom is 0.336 e. The largest absolute Gasteiger partial charge is 0.423 e. The van der Waals surface area contributed by atoms with E-state index in [9.17, 15) is 4.79 Å². The van der Waals surface area contributed by atoms with E-state index in [1.54, 1.807) is 6.07 Å². The molecule has 2 aromatic carbocycles. The standard InChI is InChI=1S/C16H10BrClO2/c17-9-11-6-13-12(10-4-2-1-3-5-10)7-16(19)20-15(13)8-14(11)18/h1-8H,9H2. The van der Waals surface area contributed by atoms with Gasteiger partial charge in [-0.15, -0.1) is 0 Å². The first kappa shape index (κ1) is 13.4. The first-order valence-corrected chi connectivity index (χ1v) is 7.56. The van der Waals surface area contributed by atoms with Gasteiger partial charge < -0.3 is 4.42 Å². The van der Waals surface area contributed by atoms with Crippen molar-refractivity contribution in [1.29, 1.82) is 0 Å². The molecule has 0 fully saturated rings. The second-order valence-corrected chi connectivity index (χ2v) is 5.39. The molecule has 1 aromatic heterocycles. The van der Waals surface area contributed by atoms with Crippen molar-refractivity contribution in [2.45, 2.75) is 5.33 Å². The molecule has 0 N–H and O–H groups in total. The second-order valence-electron chi connectivity index (χ2n) is 4.42. The number of hydrogen-bond acceptors (Lipinski definition) is 2. The Morgan fingerprint density at radius 1 is 1.10 bits per heavy atom. The Bertz CT molecular complexity index is 825. The minimum Gasteiger partial charge on any atom is -0.423 e. The van der Waals surface area contributed by atoms with Crippen LogP contribution in [-0.4, -0.2) is 0 Å². The van der Waals surface area contributed by atoms with Crippen molar-refractivity contribution in [3.8, 4) is 11.1 Å². The highest BCUT2D eigenvalue weighted by molar-refractivity contribution is 9.08. The van der Waals surface area contributed by atoms with Crippen LogP contribution in [0.3, 0.4) is 0 Å². The summed E-state index contributed by atoms with van der Waals surface area (Å²) in [7, 11) is 0. The summed E-state index contributed by atoms with van der Waals surface area (Å²) in [5.74, 6) is 0. The molecule has 0 aliphatic rings. The quantitative estimate of drug-likeness (QED) is 0.481. The van der Waals surface area contributed by atoms with E-state index in [2.05, 4.69) is 15.9 Å². The summed E-state index contributed by atoms with van der Waals surface area (Å²) in [6.07, 6.45) is 0. The third-order valence-electron chi connectivity index (χ3n) is 3.14. The lowest BCUT2D eigenvalue weighted by Gasteiger charge is -2.08. The summed E-state index contributed by atoms with van der Waals surface area (Å²) in [5.41, 5.74) is 2.93. The van der Waals surface area contributed by atoms with E-state index >= 15 is 0 Å². The van der Waals surface area contributed by atoms with Gasteiger partial charge in [-0.1, -0.05) is 57.9 Å². The lowest BCUT2D eigenvalue weighted by atomic mass is 10.0. The van der Waals surface area contributed by atoms with Gasteiger partial charge in [-0.2, -0.15) is 0 Å². The van der Waals surface area contributed by atoms with Crippen LogP contribution in [0.2, 0.25) is 5.02 Å². The number of rotatable bonds is 2. The van der Waals surface area contributed by atoms with Crippen molar-refractivity contribution >= 4 is 38.5 Å². The van der Waals surface area contributed by atoms with Gasteiger partial charge in [0.15, 0.2) is 0 Å². The van der Waals surface area contributed by atoms with E-state index in [1.807, 2.05) is 36.4 Å². The highest BCUT2D eigenvalue weighted by atomic mass is 79.9. The molecule has 2 nitrogen and oxygen atoms in total. The van der Waals surface area contributed by atoms with Gasteiger partial charge in [0, 0.05) is 27.9 Å². The van der Waals surface area contributed by atoms with Gasteiger partial charge >= 0.3 is 5.63 Å². The van der Waals surface area contributed by atoms with Crippen LogP contribution in [0.4, 0.5) is 0 Å². The van der Waals surface area contributed by atoms with Crippen LogP contribution in [0.25, 0.3) is 22.1 Å². The number of benzene rings is 2. The third kappa shape index (κ3) is 2.39. The summed E-state index contributed by atoms with van der Waals surface area (Å²) in [6.45, 7) is 0. The highest BCUT2D eigenvalue weighted by Crippen LogP contribution is 2.31. The molecule has 100 valence electrons. The third-order valence-corrected chi connectivity index (χ3v) is 4.10. The van der Waals surface area contributed by atoms with E-state index in [0.717, 1.165) is 22.1 Å². The smallest absolute Gasteiger partial charge is 0.336 e. The van der Waals surface area contributed by atoms with Crippen LogP contribution >= 0.6 is 27.5 Å². The molecular weight excluding hydrogens is 340 g/mol. The fourth-order valence-corrected chi connectivity index (χ4v) is 3.03. The Morgan fingerprint density at radius 3 is 2.55 bits per heavy atom. The Balaban J connectivity index is 2.39. The zero-order valence-corrected chi connectivity index (χ0v) is 12.7. The van der Waals surface area contributed by atoms with Gasteiger partial charge in [-0.3, -0.25) is 0 Å². The van der Waals surface area contributed by atoms with Crippen molar-refractivity contribution in [1.82, 2.24) is 0 Å². The lowest BCUT2D eigenvalue weighted by molar-refractivity contribution is 0.561. The normalized spacial score (nSPS) is 10.9. The van der Waals surface area contributed by atoms with Gasteiger partial charge in [-0.05, 0) is 22.8 Å². The average Bonchev–Trinajstić information content (AvgIpc) is 2.46. The minimum absolute atomic E-state index is 0.376. The number of hydrogen-bond donors (Lipinski definition) is 0. The van der Waals surface area contributed by atoms with Crippen LogP contribution in [0.15, 0.2) is 57.7 Å². The predicted octanol–water partition coefficient (Wildman–Crippen LogP) is 5.01. The fraction of sp³-hybridized carbons (Fsp3) is 0.0625. The Kier molecular flexibility index (Phi) is 3.64. The van der Waals surface area contributed by atoms with Crippen LogP contribution in [0.5, 0.6) is 0 Å². The summed E-state index contributed by atoms with van der Waals surface area (Å²) in [5, 5.41) is 2.12. The van der Waals surface area contributed by atoms with Gasteiger partial charge in [0.1, 0.15) is 5.58 Å². The van der Waals surface area contributed by atoms with E-state index in [-0.39, 0.29) is 5.63 Å². The Morgan fingerprint density at radius 2 is 1.85 bits per heavy atom. The van der Waals surface area contributed by atoms with Crippen molar-refractivity contribution in [3.05, 3.63) is 69.5 Å². The van der Waals surface area contributed by atoms with Crippen LogP contribution in [-0.2, 0) is 5.33 Å². The number of fused-ring (bicyclic) bond motifs is 1. The van der Waals surface area contributed by atoms with Crippen LogP contribution in [0.1, 0.15) is 5.56 Å². The summed E-state index contributed by atoms with van der Waals surface area (Å²) in [4.78, 5) is 11.7. The molecule has 0 aliphatic carbocycles. The molecule has 0 aliphatic heterocycles. The molecule has 1 heterocycles. The zero-order valence-electron chi connectivity index (χ0n) is 10.4. The predicted molar refractivity (Wildman–Crippen MR) is 85.6 cm³/mol. The molecule has 20 heavy (non-hydrogen) atoms. The van der Waals surface area contributed by atoms with Crippen molar-refractivity contribution in [3.63, 3.8) is 0 Å². The first-order valence-electron chi connectivity index (χ1n) is 6.06. The van der Waals surface area contributed by atoms with Gasteiger partial charge in [0.25, 0.3) is 0 Å². The van der Waals surface area contributed by atoms with Gasteiger partial charge in [-0.25, -0.2) is 4.79 Å². The minimum atomic E-state index is -0.376. The number of halogens is 2. The Hall–Kier alpha value is -1.58. The molecule has 4 heteroatoms. The molecule has 0 atom stereocenters. The van der Waals surface area contributed by atoms with Crippen LogP contribution < -0.4 is 5.63 Å². The molecule has 0 bridgehead atoms. The molecule has 0 saturated heterocycles. The van der Waals surface area contributed by atoms with Crippen molar-refractivity contribution in [2.24, 2.45) is 0 Å². The molecule has 3 rings (SSSR count). The molecule has 0 unspecified atom stereocenters. The van der Waals surface area contributed by atoms with Crippen molar-refractivity contribution < 1.29 is 4.42 Å². The molecule has 0 amide bonds. The van der Waals surface area contributed by atoms with Gasteiger partial charge in [0.2, 0.25) is 0 Å². The second kappa shape index (κ2) is 5.43. The van der Waals surface area contributed by atoms with E-state index in [1.165, 1.54) is 6.07 Å². The molecule has 0 radical (unpaired) electrons. The maximum absolute atomic E-state index is 11.7. The summed E-state index contributed by atoms with van der Waals surface area (Å²) < 4.78 is 5.25. The highest BCUT2D eigenvalue weighted by Gasteiger charge is 2.10.